The molecule has 0 saturated carbocycles. The van der Waals surface area contributed by atoms with E-state index in [-0.39, 0.29) is 5.91 Å². The molecule has 29 heavy (non-hydrogen) atoms. The van der Waals surface area contributed by atoms with Crippen molar-refractivity contribution < 1.29 is 4.79 Å². The molecule has 0 atom stereocenters. The van der Waals surface area contributed by atoms with Gasteiger partial charge in [0.25, 0.3) is 5.91 Å². The lowest BCUT2D eigenvalue weighted by molar-refractivity contribution is -0.122. The normalized spacial score (nSPS) is 19.7. The SMILES string of the molecule is CCN1C(=O)/C(=C2\Sc3ccccc3N2C)SC1=Nc1ccc(NC)c(C#N)c1. The van der Waals surface area contributed by atoms with Crippen molar-refractivity contribution in [1.82, 2.24) is 4.90 Å². The minimum atomic E-state index is -0.0363. The summed E-state index contributed by atoms with van der Waals surface area (Å²) in [5.41, 5.74) is 3.02. The van der Waals surface area contributed by atoms with Crippen LogP contribution in [-0.2, 0) is 4.79 Å². The molecule has 4 rings (SSSR count). The number of likely N-dealkylation sites (N-methyl/N-ethyl adjacent to an activating group) is 1. The van der Waals surface area contributed by atoms with Gasteiger partial charge in [0.1, 0.15) is 11.0 Å². The van der Waals surface area contributed by atoms with E-state index in [9.17, 15) is 10.1 Å². The van der Waals surface area contributed by atoms with Gasteiger partial charge in [-0.1, -0.05) is 23.9 Å². The maximum absolute atomic E-state index is 13.1. The van der Waals surface area contributed by atoms with Crippen LogP contribution >= 0.6 is 23.5 Å². The molecular weight excluding hydrogens is 402 g/mol. The molecule has 2 aliphatic rings. The average molecular weight is 422 g/mol. The van der Waals surface area contributed by atoms with Crippen molar-refractivity contribution in [2.24, 2.45) is 4.99 Å². The summed E-state index contributed by atoms with van der Waals surface area (Å²) in [6, 6.07) is 15.7. The Morgan fingerprint density at radius 3 is 2.69 bits per heavy atom. The average Bonchev–Trinajstić information content (AvgIpc) is 3.24. The van der Waals surface area contributed by atoms with Gasteiger partial charge in [-0.3, -0.25) is 9.69 Å². The summed E-state index contributed by atoms with van der Waals surface area (Å²) in [6.07, 6.45) is 0. The maximum Gasteiger partial charge on any atom is 0.269 e. The number of carbonyl (C=O) groups is 1. The van der Waals surface area contributed by atoms with E-state index in [1.807, 2.05) is 38.2 Å². The molecule has 0 spiro atoms. The number of nitrogens with one attached hydrogen (secondary N) is 1. The van der Waals surface area contributed by atoms with Crippen LogP contribution in [0.15, 0.2) is 62.3 Å². The Bertz CT molecular complexity index is 1100. The maximum atomic E-state index is 13.1. The van der Waals surface area contributed by atoms with Gasteiger partial charge in [-0.05, 0) is 49.0 Å². The summed E-state index contributed by atoms with van der Waals surface area (Å²) >= 11 is 2.99. The number of carbonyl (C=O) groups excluding carboxylic acids is 1. The van der Waals surface area contributed by atoms with Crippen LogP contribution in [-0.4, -0.2) is 36.6 Å². The number of nitriles is 1. The molecule has 8 heteroatoms. The van der Waals surface area contributed by atoms with Crippen LogP contribution in [0.4, 0.5) is 17.1 Å². The van der Waals surface area contributed by atoms with Gasteiger partial charge in [0, 0.05) is 25.5 Å². The van der Waals surface area contributed by atoms with E-state index in [2.05, 4.69) is 33.4 Å². The van der Waals surface area contributed by atoms with Gasteiger partial charge < -0.3 is 10.2 Å². The minimum Gasteiger partial charge on any atom is -0.387 e. The number of hydrogen-bond acceptors (Lipinski definition) is 7. The number of aliphatic imine (C=N–C) groups is 1. The van der Waals surface area contributed by atoms with E-state index in [1.165, 1.54) is 11.8 Å². The van der Waals surface area contributed by atoms with Crippen LogP contribution in [0.25, 0.3) is 0 Å². The molecule has 0 aliphatic carbocycles. The Morgan fingerprint density at radius 2 is 2.00 bits per heavy atom. The topological polar surface area (TPSA) is 71.7 Å². The van der Waals surface area contributed by atoms with Crippen LogP contribution in [0.1, 0.15) is 12.5 Å². The van der Waals surface area contributed by atoms with Crippen molar-refractivity contribution in [2.75, 3.05) is 30.9 Å². The van der Waals surface area contributed by atoms with E-state index < -0.39 is 0 Å². The van der Waals surface area contributed by atoms with Crippen LogP contribution in [0.5, 0.6) is 0 Å². The highest BCUT2D eigenvalue weighted by atomic mass is 32.2. The van der Waals surface area contributed by atoms with E-state index in [0.717, 1.165) is 21.3 Å². The van der Waals surface area contributed by atoms with Crippen molar-refractivity contribution in [3.8, 4) is 6.07 Å². The number of nitrogens with zero attached hydrogens (tertiary/aromatic N) is 4. The first-order valence-electron chi connectivity index (χ1n) is 9.12. The Labute approximate surface area is 178 Å². The summed E-state index contributed by atoms with van der Waals surface area (Å²) in [5, 5.41) is 13.9. The fraction of sp³-hybridized carbons (Fsp3) is 0.190. The van der Waals surface area contributed by atoms with E-state index in [1.54, 1.807) is 29.8 Å². The monoisotopic (exact) mass is 421 g/mol. The van der Waals surface area contributed by atoms with Crippen LogP contribution in [0.3, 0.4) is 0 Å². The van der Waals surface area contributed by atoms with Gasteiger partial charge in [0.2, 0.25) is 0 Å². The number of hydrogen-bond donors (Lipinski definition) is 1. The Balaban J connectivity index is 1.72. The van der Waals surface area contributed by atoms with Crippen LogP contribution in [0.2, 0.25) is 0 Å². The lowest BCUT2D eigenvalue weighted by atomic mass is 10.2. The third kappa shape index (κ3) is 3.37. The Morgan fingerprint density at radius 1 is 1.21 bits per heavy atom. The second-order valence-corrected chi connectivity index (χ2v) is 8.41. The number of thioether (sulfide) groups is 2. The minimum absolute atomic E-state index is 0.0363. The number of amides is 1. The summed E-state index contributed by atoms with van der Waals surface area (Å²) in [5.74, 6) is -0.0363. The first-order valence-corrected chi connectivity index (χ1v) is 10.8. The zero-order valence-electron chi connectivity index (χ0n) is 16.3. The smallest absolute Gasteiger partial charge is 0.269 e. The number of benzene rings is 2. The highest BCUT2D eigenvalue weighted by Crippen LogP contribution is 2.49. The molecule has 1 N–H and O–H groups in total. The largest absolute Gasteiger partial charge is 0.387 e. The van der Waals surface area contributed by atoms with E-state index >= 15 is 0 Å². The van der Waals surface area contributed by atoms with Crippen LogP contribution in [0, 0.1) is 11.3 Å². The zero-order chi connectivity index (χ0) is 20.5. The quantitative estimate of drug-likeness (QED) is 0.731. The van der Waals surface area contributed by atoms with E-state index in [0.29, 0.717) is 27.9 Å². The van der Waals surface area contributed by atoms with Crippen molar-refractivity contribution in [3.63, 3.8) is 0 Å². The van der Waals surface area contributed by atoms with Gasteiger partial charge in [-0.2, -0.15) is 5.26 Å². The third-order valence-corrected chi connectivity index (χ3v) is 7.16. The molecule has 2 aromatic carbocycles. The highest BCUT2D eigenvalue weighted by molar-refractivity contribution is 8.19. The van der Waals surface area contributed by atoms with Crippen LogP contribution < -0.4 is 10.2 Å². The fourth-order valence-electron chi connectivity index (χ4n) is 3.22. The fourth-order valence-corrected chi connectivity index (χ4v) is 5.63. The molecule has 6 nitrogen and oxygen atoms in total. The molecule has 2 aliphatic heterocycles. The van der Waals surface area contributed by atoms with Crippen molar-refractivity contribution >= 4 is 51.7 Å². The van der Waals surface area contributed by atoms with Crippen molar-refractivity contribution in [3.05, 3.63) is 58.0 Å². The van der Waals surface area contributed by atoms with Crippen molar-refractivity contribution in [1.29, 1.82) is 5.26 Å². The summed E-state index contributed by atoms with van der Waals surface area (Å²) in [7, 11) is 3.76. The lowest BCUT2D eigenvalue weighted by Gasteiger charge is -2.15. The molecule has 0 unspecified atom stereocenters. The molecule has 1 amide bonds. The highest BCUT2D eigenvalue weighted by Gasteiger charge is 2.38. The summed E-state index contributed by atoms with van der Waals surface area (Å²) in [6.45, 7) is 2.47. The number of para-hydroxylation sites is 1. The lowest BCUT2D eigenvalue weighted by Crippen LogP contribution is -2.29. The van der Waals surface area contributed by atoms with E-state index in [4.69, 9.17) is 0 Å². The standard InChI is InChI=1S/C21H19N5OS2/c1-4-26-19(27)18(20-25(3)16-7-5-6-8-17(16)28-20)29-21(26)24-14-9-10-15(23-2)13(11-14)12-22/h5-11,23H,4H2,1-3H3/b20-18+,24-21?. The molecule has 0 aromatic heterocycles. The third-order valence-electron chi connectivity index (χ3n) is 4.73. The molecule has 0 bridgehead atoms. The molecule has 146 valence electrons. The molecule has 0 radical (unpaired) electrons. The number of fused-ring (bicyclic) bond motifs is 1. The van der Waals surface area contributed by atoms with Crippen molar-refractivity contribution in [2.45, 2.75) is 11.8 Å². The number of rotatable bonds is 3. The zero-order valence-corrected chi connectivity index (χ0v) is 17.9. The first-order chi connectivity index (χ1) is 14.1. The summed E-state index contributed by atoms with van der Waals surface area (Å²) < 4.78 is 0. The van der Waals surface area contributed by atoms with Gasteiger partial charge in [0.05, 0.1) is 27.7 Å². The van der Waals surface area contributed by atoms with Gasteiger partial charge in [0.15, 0.2) is 5.17 Å². The second-order valence-electron chi connectivity index (χ2n) is 6.40. The number of amidine groups is 1. The van der Waals surface area contributed by atoms with Gasteiger partial charge in [-0.25, -0.2) is 4.99 Å². The molecule has 2 heterocycles. The molecule has 1 saturated heterocycles. The van der Waals surface area contributed by atoms with Gasteiger partial charge in [-0.15, -0.1) is 0 Å². The predicted octanol–water partition coefficient (Wildman–Crippen LogP) is 4.59. The molecule has 1 fully saturated rings. The second kappa shape index (κ2) is 7.85. The molecular formula is C21H19N5OS2. The Hall–Kier alpha value is -2.89. The number of anilines is 2. The molecule has 2 aromatic rings. The summed E-state index contributed by atoms with van der Waals surface area (Å²) in [4.78, 5) is 23.4. The first kappa shape index (κ1) is 19.4. The van der Waals surface area contributed by atoms with Gasteiger partial charge >= 0.3 is 0 Å². The predicted molar refractivity (Wildman–Crippen MR) is 121 cm³/mol. The Kier molecular flexibility index (Phi) is 5.26.